The molecule has 0 saturated carbocycles. The zero-order chi connectivity index (χ0) is 15.0. The Kier molecular flexibility index (Phi) is 4.25. The highest BCUT2D eigenvalue weighted by atomic mass is 79.9. The minimum absolute atomic E-state index is 0.0748. The van der Waals surface area contributed by atoms with Crippen molar-refractivity contribution in [2.24, 2.45) is 5.73 Å². The molecule has 1 aliphatic rings. The van der Waals surface area contributed by atoms with Gasteiger partial charge in [0.25, 0.3) is 0 Å². The van der Waals surface area contributed by atoms with E-state index in [4.69, 9.17) is 22.1 Å². The van der Waals surface area contributed by atoms with Crippen molar-refractivity contribution in [3.8, 4) is 5.75 Å². The number of hydrogen-bond acceptors (Lipinski definition) is 2. The second-order valence-corrected chi connectivity index (χ2v) is 6.71. The number of ether oxygens (including phenoxy) is 1. The Morgan fingerprint density at radius 1 is 1.38 bits per heavy atom. The lowest BCUT2D eigenvalue weighted by atomic mass is 9.94. The zero-order valence-electron chi connectivity index (χ0n) is 11.8. The molecule has 2 nitrogen and oxygen atoms in total. The molecule has 1 aliphatic heterocycles. The molecule has 0 aromatic heterocycles. The highest BCUT2D eigenvalue weighted by Crippen LogP contribution is 2.35. The Bertz CT molecular complexity index is 687. The largest absolute Gasteiger partial charge is 0.493 e. The average Bonchev–Trinajstić information content (AvgIpc) is 2.90. The lowest BCUT2D eigenvalue weighted by Crippen LogP contribution is -2.15. The van der Waals surface area contributed by atoms with E-state index >= 15 is 0 Å². The fourth-order valence-electron chi connectivity index (χ4n) is 2.87. The van der Waals surface area contributed by atoms with E-state index in [0.717, 1.165) is 45.8 Å². The van der Waals surface area contributed by atoms with Crippen LogP contribution in [0, 0.1) is 6.92 Å². The molecule has 0 aliphatic carbocycles. The summed E-state index contributed by atoms with van der Waals surface area (Å²) in [6.45, 7) is 2.81. The van der Waals surface area contributed by atoms with Gasteiger partial charge in [-0.3, -0.25) is 0 Å². The topological polar surface area (TPSA) is 35.2 Å². The van der Waals surface area contributed by atoms with Crippen molar-refractivity contribution >= 4 is 27.5 Å². The van der Waals surface area contributed by atoms with Crippen LogP contribution >= 0.6 is 27.5 Å². The van der Waals surface area contributed by atoms with Crippen LogP contribution < -0.4 is 10.5 Å². The van der Waals surface area contributed by atoms with Gasteiger partial charge in [-0.2, -0.15) is 0 Å². The minimum Gasteiger partial charge on any atom is -0.493 e. The molecule has 1 unspecified atom stereocenters. The molecular formula is C17H17BrClNO. The first-order valence-corrected chi connectivity index (χ1v) is 8.18. The maximum absolute atomic E-state index is 6.42. The first kappa shape index (κ1) is 14.9. The molecule has 2 aromatic rings. The molecule has 3 rings (SSSR count). The van der Waals surface area contributed by atoms with Crippen molar-refractivity contribution in [3.63, 3.8) is 0 Å². The molecule has 2 aromatic carbocycles. The van der Waals surface area contributed by atoms with Gasteiger partial charge in [0.05, 0.1) is 6.61 Å². The van der Waals surface area contributed by atoms with E-state index in [0.29, 0.717) is 0 Å². The molecular weight excluding hydrogens is 350 g/mol. The van der Waals surface area contributed by atoms with Gasteiger partial charge in [0, 0.05) is 22.0 Å². The van der Waals surface area contributed by atoms with Crippen LogP contribution in [0.4, 0.5) is 0 Å². The van der Waals surface area contributed by atoms with E-state index < -0.39 is 0 Å². The third-order valence-electron chi connectivity index (χ3n) is 3.97. The molecule has 0 spiro atoms. The van der Waals surface area contributed by atoms with E-state index in [1.807, 2.05) is 24.3 Å². The predicted molar refractivity (Wildman–Crippen MR) is 90.2 cm³/mol. The summed E-state index contributed by atoms with van der Waals surface area (Å²) in [5.74, 6) is 0.975. The van der Waals surface area contributed by atoms with Crippen LogP contribution in [0.5, 0.6) is 5.75 Å². The van der Waals surface area contributed by atoms with Gasteiger partial charge in [-0.05, 0) is 53.8 Å². The Hall–Kier alpha value is -1.03. The smallest absolute Gasteiger partial charge is 0.125 e. The van der Waals surface area contributed by atoms with Crippen LogP contribution in [-0.4, -0.2) is 6.61 Å². The summed E-state index contributed by atoms with van der Waals surface area (Å²) in [6.07, 6.45) is 1.65. The maximum Gasteiger partial charge on any atom is 0.125 e. The normalized spacial score (nSPS) is 14.7. The summed E-state index contributed by atoms with van der Waals surface area (Å²) in [4.78, 5) is 0. The fraction of sp³-hybridized carbons (Fsp3) is 0.294. The molecule has 21 heavy (non-hydrogen) atoms. The molecule has 4 heteroatoms. The SMILES string of the molecule is Cc1c(Br)cccc1C(N)Cc1cc(Cl)cc2c1OCC2. The first-order valence-electron chi connectivity index (χ1n) is 7.01. The molecule has 0 bridgehead atoms. The van der Waals surface area contributed by atoms with E-state index in [9.17, 15) is 0 Å². The maximum atomic E-state index is 6.42. The van der Waals surface area contributed by atoms with Gasteiger partial charge in [0.2, 0.25) is 0 Å². The van der Waals surface area contributed by atoms with Crippen LogP contribution in [-0.2, 0) is 12.8 Å². The number of halogens is 2. The van der Waals surface area contributed by atoms with Crippen molar-refractivity contribution in [1.82, 2.24) is 0 Å². The number of nitrogens with two attached hydrogens (primary N) is 1. The van der Waals surface area contributed by atoms with Crippen molar-refractivity contribution in [1.29, 1.82) is 0 Å². The van der Waals surface area contributed by atoms with Crippen molar-refractivity contribution in [2.75, 3.05) is 6.61 Å². The summed E-state index contributed by atoms with van der Waals surface area (Å²) in [6, 6.07) is 10.0. The van der Waals surface area contributed by atoms with Gasteiger partial charge in [0.1, 0.15) is 5.75 Å². The second kappa shape index (κ2) is 5.99. The van der Waals surface area contributed by atoms with Crippen LogP contribution in [0.3, 0.4) is 0 Å². The van der Waals surface area contributed by atoms with Gasteiger partial charge < -0.3 is 10.5 Å². The quantitative estimate of drug-likeness (QED) is 0.862. The third-order valence-corrected chi connectivity index (χ3v) is 5.05. The molecule has 110 valence electrons. The molecule has 0 radical (unpaired) electrons. The molecule has 0 saturated heterocycles. The molecule has 2 N–H and O–H groups in total. The summed E-state index contributed by atoms with van der Waals surface area (Å²) < 4.78 is 6.84. The molecule has 0 fully saturated rings. The van der Waals surface area contributed by atoms with Gasteiger partial charge in [-0.15, -0.1) is 0 Å². The fourth-order valence-corrected chi connectivity index (χ4v) is 3.52. The zero-order valence-corrected chi connectivity index (χ0v) is 14.2. The average molecular weight is 367 g/mol. The number of benzene rings is 2. The van der Waals surface area contributed by atoms with Gasteiger partial charge in [0.15, 0.2) is 0 Å². The number of rotatable bonds is 3. The summed E-state index contributed by atoms with van der Waals surface area (Å²) >= 11 is 9.77. The van der Waals surface area contributed by atoms with E-state index in [2.05, 4.69) is 28.9 Å². The molecule has 0 amide bonds. The number of fused-ring (bicyclic) bond motifs is 1. The van der Waals surface area contributed by atoms with Crippen molar-refractivity contribution in [2.45, 2.75) is 25.8 Å². The summed E-state index contributed by atoms with van der Waals surface area (Å²) in [5, 5.41) is 0.757. The Balaban J connectivity index is 1.92. The summed E-state index contributed by atoms with van der Waals surface area (Å²) in [7, 11) is 0. The lowest BCUT2D eigenvalue weighted by Gasteiger charge is -2.17. The summed E-state index contributed by atoms with van der Waals surface area (Å²) in [5.41, 5.74) is 11.0. The highest BCUT2D eigenvalue weighted by molar-refractivity contribution is 9.10. The standard InChI is InChI=1S/C17H17BrClNO/c1-10-14(3-2-4-15(10)18)16(20)9-12-8-13(19)7-11-5-6-21-17(11)12/h2-4,7-8,16H,5-6,9,20H2,1H3. The molecule has 1 atom stereocenters. The van der Waals surface area contributed by atoms with E-state index in [1.54, 1.807) is 0 Å². The van der Waals surface area contributed by atoms with Crippen molar-refractivity contribution in [3.05, 3.63) is 62.1 Å². The van der Waals surface area contributed by atoms with Crippen molar-refractivity contribution < 1.29 is 4.74 Å². The van der Waals surface area contributed by atoms with E-state index in [1.165, 1.54) is 11.1 Å². The van der Waals surface area contributed by atoms with Crippen LogP contribution in [0.25, 0.3) is 0 Å². The molecule has 1 heterocycles. The Morgan fingerprint density at radius 2 is 2.19 bits per heavy atom. The first-order chi connectivity index (χ1) is 10.1. The van der Waals surface area contributed by atoms with Crippen LogP contribution in [0.1, 0.15) is 28.3 Å². The lowest BCUT2D eigenvalue weighted by molar-refractivity contribution is 0.352. The minimum atomic E-state index is -0.0748. The predicted octanol–water partition coefficient (Wildman–Crippen LogP) is 4.59. The van der Waals surface area contributed by atoms with Crippen LogP contribution in [0.2, 0.25) is 5.02 Å². The van der Waals surface area contributed by atoms with Gasteiger partial charge >= 0.3 is 0 Å². The van der Waals surface area contributed by atoms with Gasteiger partial charge in [-0.1, -0.05) is 39.7 Å². The Morgan fingerprint density at radius 3 is 3.00 bits per heavy atom. The third kappa shape index (κ3) is 2.96. The number of hydrogen-bond donors (Lipinski definition) is 1. The van der Waals surface area contributed by atoms with E-state index in [-0.39, 0.29) is 6.04 Å². The second-order valence-electron chi connectivity index (χ2n) is 5.42. The Labute approximate surface area is 138 Å². The monoisotopic (exact) mass is 365 g/mol. The van der Waals surface area contributed by atoms with Crippen LogP contribution in [0.15, 0.2) is 34.8 Å². The van der Waals surface area contributed by atoms with Gasteiger partial charge in [-0.25, -0.2) is 0 Å². The highest BCUT2D eigenvalue weighted by Gasteiger charge is 2.20.